The lowest BCUT2D eigenvalue weighted by molar-refractivity contribution is 0.00578. The van der Waals surface area contributed by atoms with Crippen molar-refractivity contribution in [1.29, 1.82) is 0 Å². The third-order valence-electron chi connectivity index (χ3n) is 8.08. The van der Waals surface area contributed by atoms with E-state index < -0.39 is 24.4 Å². The van der Waals surface area contributed by atoms with Gasteiger partial charge < -0.3 is 19.4 Å². The number of nitrogens with one attached hydrogen (secondary N) is 1. The number of alkyl carbamates (subject to hydrolysis) is 1. The van der Waals surface area contributed by atoms with E-state index in [0.717, 1.165) is 11.1 Å². The van der Waals surface area contributed by atoms with Crippen molar-refractivity contribution in [2.24, 2.45) is 0 Å². The van der Waals surface area contributed by atoms with E-state index in [1.807, 2.05) is 58.0 Å². The molecule has 1 fully saturated rings. The number of carbonyl (C=O) groups is 2. The Labute approximate surface area is 240 Å². The number of halogens is 1. The number of hydrogen-bond donors (Lipinski definition) is 1. The van der Waals surface area contributed by atoms with Crippen LogP contribution in [0.4, 0.5) is 4.79 Å². The molecule has 2 aliphatic rings. The number of ketones is 1. The van der Waals surface area contributed by atoms with Crippen LogP contribution in [0.5, 0.6) is 0 Å². The number of carbonyl (C=O) groups excluding carboxylic acids is 2. The zero-order chi connectivity index (χ0) is 28.7. The number of amides is 1. The van der Waals surface area contributed by atoms with E-state index in [-0.39, 0.29) is 24.9 Å². The molecule has 0 atom stereocenters. The fraction of sp³-hybridized carbons (Fsp3) is 0.312. The first-order chi connectivity index (χ1) is 19.0. The van der Waals surface area contributed by atoms with Crippen LogP contribution in [-0.4, -0.2) is 43.3 Å². The average Bonchev–Trinajstić information content (AvgIpc) is 3.34. The highest BCUT2D eigenvalue weighted by Gasteiger charge is 2.52. The predicted octanol–water partition coefficient (Wildman–Crippen LogP) is 7.10. The maximum Gasteiger partial charge on any atom is 0.492 e. The Balaban J connectivity index is 1.32. The molecule has 40 heavy (non-hydrogen) atoms. The van der Waals surface area contributed by atoms with Gasteiger partial charge in [0.05, 0.1) is 11.2 Å². The maximum atomic E-state index is 12.9. The molecular weight excluding hydrogens is 525 g/mol. The molecule has 1 aliphatic carbocycles. The second-order valence-corrected chi connectivity index (χ2v) is 11.7. The van der Waals surface area contributed by atoms with Gasteiger partial charge in [-0.2, -0.15) is 0 Å². The van der Waals surface area contributed by atoms with Crippen LogP contribution in [-0.2, 0) is 14.0 Å². The molecule has 1 aliphatic heterocycles. The molecule has 1 heterocycles. The zero-order valence-corrected chi connectivity index (χ0v) is 24.2. The van der Waals surface area contributed by atoms with Gasteiger partial charge in [0.25, 0.3) is 0 Å². The second-order valence-electron chi connectivity index (χ2n) is 11.3. The fourth-order valence-electron chi connectivity index (χ4n) is 5.08. The Morgan fingerprint density at radius 3 is 2.08 bits per heavy atom. The van der Waals surface area contributed by atoms with E-state index in [2.05, 4.69) is 29.6 Å². The Bertz CT molecular complexity index is 1440. The van der Waals surface area contributed by atoms with Gasteiger partial charge in [-0.25, -0.2) is 4.79 Å². The Morgan fingerprint density at radius 1 is 0.950 bits per heavy atom. The molecular formula is C32H33BClNO5. The topological polar surface area (TPSA) is 73.9 Å². The largest absolute Gasteiger partial charge is 0.492 e. The van der Waals surface area contributed by atoms with Crippen molar-refractivity contribution in [2.45, 2.75) is 51.7 Å². The monoisotopic (exact) mass is 557 g/mol. The molecule has 3 aromatic carbocycles. The van der Waals surface area contributed by atoms with Gasteiger partial charge >= 0.3 is 13.2 Å². The van der Waals surface area contributed by atoms with E-state index in [1.165, 1.54) is 18.1 Å². The normalized spacial score (nSPS) is 17.4. The first kappa shape index (κ1) is 28.2. The molecule has 3 aromatic rings. The van der Waals surface area contributed by atoms with E-state index in [0.29, 0.717) is 21.6 Å². The third kappa shape index (κ3) is 5.46. The summed E-state index contributed by atoms with van der Waals surface area (Å²) in [6, 6.07) is 21.6. The number of benzene rings is 3. The van der Waals surface area contributed by atoms with Crippen molar-refractivity contribution < 1.29 is 23.6 Å². The SMILES string of the molecule is CC(=O)c1ccc(C=C(CNC(=O)OCC2c3ccccc3-c3ccccc32)B2OC(C)(C)C(C)(C)O2)c(Cl)c1. The summed E-state index contributed by atoms with van der Waals surface area (Å²) < 4.78 is 18.3. The van der Waals surface area contributed by atoms with Crippen LogP contribution in [0, 0.1) is 0 Å². The van der Waals surface area contributed by atoms with Gasteiger partial charge in [0.2, 0.25) is 0 Å². The summed E-state index contributed by atoms with van der Waals surface area (Å²) in [5.41, 5.74) is 5.39. The lowest BCUT2D eigenvalue weighted by Gasteiger charge is -2.32. The molecule has 0 aromatic heterocycles. The number of fused-ring (bicyclic) bond motifs is 3. The maximum absolute atomic E-state index is 12.9. The molecule has 5 rings (SSSR count). The highest BCUT2D eigenvalue weighted by molar-refractivity contribution is 6.56. The molecule has 8 heteroatoms. The van der Waals surface area contributed by atoms with E-state index in [9.17, 15) is 9.59 Å². The summed E-state index contributed by atoms with van der Waals surface area (Å²) in [6.45, 7) is 9.72. The van der Waals surface area contributed by atoms with Gasteiger partial charge in [0.1, 0.15) is 6.61 Å². The van der Waals surface area contributed by atoms with Gasteiger partial charge in [-0.3, -0.25) is 4.79 Å². The Kier molecular flexibility index (Phi) is 7.66. The van der Waals surface area contributed by atoms with E-state index >= 15 is 0 Å². The zero-order valence-electron chi connectivity index (χ0n) is 23.4. The lowest BCUT2D eigenvalue weighted by atomic mass is 9.77. The Morgan fingerprint density at radius 2 is 1.52 bits per heavy atom. The van der Waals surface area contributed by atoms with Gasteiger partial charge in [-0.15, -0.1) is 0 Å². The molecule has 0 radical (unpaired) electrons. The third-order valence-corrected chi connectivity index (χ3v) is 8.41. The van der Waals surface area contributed by atoms with E-state index in [1.54, 1.807) is 18.2 Å². The summed E-state index contributed by atoms with van der Waals surface area (Å²) >= 11 is 6.51. The fourth-order valence-corrected chi connectivity index (χ4v) is 5.32. The van der Waals surface area contributed by atoms with Gasteiger partial charge in [0.15, 0.2) is 5.78 Å². The number of rotatable bonds is 7. The molecule has 0 saturated carbocycles. The minimum absolute atomic E-state index is 0.0325. The lowest BCUT2D eigenvalue weighted by Crippen LogP contribution is -2.41. The second kappa shape index (κ2) is 10.9. The molecule has 0 spiro atoms. The summed E-state index contributed by atoms with van der Waals surface area (Å²) in [5.74, 6) is -0.101. The Hall–Kier alpha value is -3.39. The van der Waals surface area contributed by atoms with Crippen LogP contribution < -0.4 is 5.32 Å². The highest BCUT2D eigenvalue weighted by Crippen LogP contribution is 2.44. The summed E-state index contributed by atoms with van der Waals surface area (Å²) in [5, 5.41) is 3.29. The van der Waals surface area contributed by atoms with Crippen LogP contribution in [0.3, 0.4) is 0 Å². The van der Waals surface area contributed by atoms with Crippen LogP contribution >= 0.6 is 11.6 Å². The van der Waals surface area contributed by atoms with Crippen LogP contribution in [0.25, 0.3) is 17.2 Å². The molecule has 1 N–H and O–H groups in total. The average molecular weight is 558 g/mol. The van der Waals surface area contributed by atoms with Crippen molar-refractivity contribution in [2.75, 3.05) is 13.2 Å². The van der Waals surface area contributed by atoms with Gasteiger partial charge in [-0.1, -0.05) is 78.3 Å². The van der Waals surface area contributed by atoms with E-state index in [4.69, 9.17) is 25.6 Å². The number of Topliss-reactive ketones (excluding diaryl/α,β-unsaturated/α-hetero) is 1. The molecule has 1 saturated heterocycles. The molecule has 6 nitrogen and oxygen atoms in total. The van der Waals surface area contributed by atoms with Crippen LogP contribution in [0.15, 0.2) is 72.2 Å². The number of ether oxygens (including phenoxy) is 1. The van der Waals surface area contributed by atoms with Gasteiger partial charge in [0, 0.05) is 23.0 Å². The van der Waals surface area contributed by atoms with Crippen molar-refractivity contribution in [3.63, 3.8) is 0 Å². The van der Waals surface area contributed by atoms with Crippen molar-refractivity contribution >= 4 is 36.7 Å². The summed E-state index contributed by atoms with van der Waals surface area (Å²) in [7, 11) is -0.706. The van der Waals surface area contributed by atoms with Crippen molar-refractivity contribution in [3.8, 4) is 11.1 Å². The number of hydrogen-bond acceptors (Lipinski definition) is 5. The quantitative estimate of drug-likeness (QED) is 0.248. The molecule has 1 amide bonds. The standard InChI is InChI=1S/C32H33BClNO5/c1-20(36)21-14-15-22(29(34)17-21)16-23(33-39-31(2,3)32(4,5)40-33)18-35-30(37)38-19-28-26-12-8-6-10-24(26)25-11-7-9-13-27(25)28/h6-17,28H,18-19H2,1-5H3,(H,35,37). The smallest absolute Gasteiger partial charge is 0.449 e. The van der Waals surface area contributed by atoms with Crippen LogP contribution in [0.1, 0.15) is 67.6 Å². The summed E-state index contributed by atoms with van der Waals surface area (Å²) in [4.78, 5) is 24.7. The van der Waals surface area contributed by atoms with Crippen molar-refractivity contribution in [1.82, 2.24) is 5.32 Å². The van der Waals surface area contributed by atoms with Crippen LogP contribution in [0.2, 0.25) is 5.02 Å². The molecule has 0 bridgehead atoms. The van der Waals surface area contributed by atoms with Crippen molar-refractivity contribution in [3.05, 3.63) is 99.5 Å². The predicted molar refractivity (Wildman–Crippen MR) is 159 cm³/mol. The minimum atomic E-state index is -0.706. The molecule has 0 unspecified atom stereocenters. The first-order valence-electron chi connectivity index (χ1n) is 13.4. The first-order valence-corrected chi connectivity index (χ1v) is 13.8. The highest BCUT2D eigenvalue weighted by atomic mass is 35.5. The minimum Gasteiger partial charge on any atom is -0.449 e. The van der Waals surface area contributed by atoms with Gasteiger partial charge in [-0.05, 0) is 74.0 Å². The molecule has 206 valence electrons. The summed E-state index contributed by atoms with van der Waals surface area (Å²) in [6.07, 6.45) is 1.29.